The van der Waals surface area contributed by atoms with Crippen molar-refractivity contribution in [2.75, 3.05) is 18.8 Å². The third-order valence-electron chi connectivity index (χ3n) is 4.41. The summed E-state index contributed by atoms with van der Waals surface area (Å²) in [7, 11) is 0. The maximum Gasteiger partial charge on any atom is 0.120 e. The molecule has 0 radical (unpaired) electrons. The van der Waals surface area contributed by atoms with Crippen LogP contribution in [0.15, 0.2) is 18.2 Å². The Balaban J connectivity index is 1.97. The molecule has 0 spiro atoms. The van der Waals surface area contributed by atoms with E-state index in [0.29, 0.717) is 11.2 Å². The fraction of sp³-hybridized carbons (Fsp3) is 0.600. The average Bonchev–Trinajstić information content (AvgIpc) is 2.37. The highest BCUT2D eigenvalue weighted by molar-refractivity contribution is 5.47. The number of nitrogen functional groups attached to an aromatic ring is 1. The lowest BCUT2D eigenvalue weighted by atomic mass is 9.78. The summed E-state index contributed by atoms with van der Waals surface area (Å²) in [5.74, 6) is 0.355. The van der Waals surface area contributed by atoms with Crippen LogP contribution in [-0.2, 0) is 6.54 Å². The number of rotatable bonds is 3. The van der Waals surface area contributed by atoms with Gasteiger partial charge in [0.15, 0.2) is 0 Å². The van der Waals surface area contributed by atoms with Crippen molar-refractivity contribution in [3.05, 3.63) is 23.8 Å². The Morgan fingerprint density at radius 1 is 1.33 bits per heavy atom. The molecule has 2 rings (SSSR count). The van der Waals surface area contributed by atoms with Gasteiger partial charge in [0, 0.05) is 17.8 Å². The number of phenolic OH excluding ortho intramolecular Hbond substituents is 1. The number of anilines is 1. The monoisotopic (exact) mass is 248 g/mol. The predicted molar refractivity (Wildman–Crippen MR) is 75.4 cm³/mol. The van der Waals surface area contributed by atoms with Crippen molar-refractivity contribution >= 4 is 5.69 Å². The van der Waals surface area contributed by atoms with Crippen LogP contribution in [0.2, 0.25) is 0 Å². The van der Waals surface area contributed by atoms with Crippen LogP contribution in [-0.4, -0.2) is 23.1 Å². The Hall–Kier alpha value is -1.22. The van der Waals surface area contributed by atoms with Gasteiger partial charge in [0.1, 0.15) is 5.75 Å². The predicted octanol–water partition coefficient (Wildman–Crippen LogP) is 2.99. The molecular formula is C15H24N2O. The molecule has 100 valence electrons. The minimum Gasteiger partial charge on any atom is -0.508 e. The van der Waals surface area contributed by atoms with Gasteiger partial charge < -0.3 is 10.8 Å². The second kappa shape index (κ2) is 5.19. The number of phenols is 1. The van der Waals surface area contributed by atoms with E-state index >= 15 is 0 Å². The van der Waals surface area contributed by atoms with Gasteiger partial charge in [0.05, 0.1) is 0 Å². The van der Waals surface area contributed by atoms with Gasteiger partial charge in [-0.1, -0.05) is 20.3 Å². The summed E-state index contributed by atoms with van der Waals surface area (Å²) < 4.78 is 0. The first-order valence-corrected chi connectivity index (χ1v) is 6.82. The van der Waals surface area contributed by atoms with Gasteiger partial charge in [-0.15, -0.1) is 0 Å². The molecule has 0 saturated carbocycles. The highest BCUT2D eigenvalue weighted by atomic mass is 16.3. The maximum absolute atomic E-state index is 9.83. The van der Waals surface area contributed by atoms with Crippen LogP contribution in [0.3, 0.4) is 0 Å². The molecule has 0 bridgehead atoms. The van der Waals surface area contributed by atoms with E-state index in [-0.39, 0.29) is 0 Å². The first kappa shape index (κ1) is 13.2. The van der Waals surface area contributed by atoms with E-state index in [9.17, 15) is 5.11 Å². The molecule has 0 aliphatic carbocycles. The summed E-state index contributed by atoms with van der Waals surface area (Å²) in [6.45, 7) is 7.68. The Morgan fingerprint density at radius 3 is 2.61 bits per heavy atom. The van der Waals surface area contributed by atoms with Crippen LogP contribution >= 0.6 is 0 Å². The number of benzene rings is 1. The summed E-state index contributed by atoms with van der Waals surface area (Å²) >= 11 is 0. The quantitative estimate of drug-likeness (QED) is 0.638. The lowest BCUT2D eigenvalue weighted by Gasteiger charge is -2.39. The molecule has 0 aromatic heterocycles. The van der Waals surface area contributed by atoms with Crippen LogP contribution in [0.4, 0.5) is 5.69 Å². The van der Waals surface area contributed by atoms with Gasteiger partial charge in [-0.05, 0) is 49.5 Å². The van der Waals surface area contributed by atoms with E-state index in [0.717, 1.165) is 30.9 Å². The van der Waals surface area contributed by atoms with E-state index in [4.69, 9.17) is 5.73 Å². The van der Waals surface area contributed by atoms with Crippen LogP contribution in [0, 0.1) is 5.41 Å². The first-order chi connectivity index (χ1) is 8.52. The summed E-state index contributed by atoms with van der Waals surface area (Å²) in [4.78, 5) is 2.41. The van der Waals surface area contributed by atoms with E-state index in [1.54, 1.807) is 12.1 Å². The average molecular weight is 248 g/mol. The zero-order valence-electron chi connectivity index (χ0n) is 11.4. The number of piperidine rings is 1. The summed E-state index contributed by atoms with van der Waals surface area (Å²) in [6, 6.07) is 5.30. The number of hydrogen-bond acceptors (Lipinski definition) is 3. The maximum atomic E-state index is 9.83. The standard InChI is InChI=1S/C15H24N2O/c1-3-15(2)6-8-17(9-7-15)11-12-10-13(16)4-5-14(12)18/h4-5,10,18H,3,6-9,11,16H2,1-2H3. The minimum absolute atomic E-state index is 0.355. The van der Waals surface area contributed by atoms with Crippen molar-refractivity contribution in [3.63, 3.8) is 0 Å². The van der Waals surface area contributed by atoms with Gasteiger partial charge in [-0.3, -0.25) is 4.90 Å². The molecule has 0 unspecified atom stereocenters. The molecule has 3 nitrogen and oxygen atoms in total. The van der Waals surface area contributed by atoms with Gasteiger partial charge >= 0.3 is 0 Å². The Labute approximate surface area is 110 Å². The van der Waals surface area contributed by atoms with Crippen molar-refractivity contribution in [1.82, 2.24) is 4.90 Å². The molecule has 1 aliphatic rings. The normalized spacial score (nSPS) is 19.9. The van der Waals surface area contributed by atoms with Crippen LogP contribution in [0.25, 0.3) is 0 Å². The van der Waals surface area contributed by atoms with Crippen molar-refractivity contribution in [3.8, 4) is 5.75 Å². The first-order valence-electron chi connectivity index (χ1n) is 6.82. The second-order valence-corrected chi connectivity index (χ2v) is 5.83. The molecule has 0 amide bonds. The highest BCUT2D eigenvalue weighted by Gasteiger charge is 2.28. The van der Waals surface area contributed by atoms with Crippen molar-refractivity contribution < 1.29 is 5.11 Å². The van der Waals surface area contributed by atoms with Crippen LogP contribution < -0.4 is 5.73 Å². The molecule has 1 saturated heterocycles. The summed E-state index contributed by atoms with van der Waals surface area (Å²) in [5, 5.41) is 9.83. The molecule has 1 heterocycles. The number of nitrogens with two attached hydrogens (primary N) is 1. The molecule has 3 heteroatoms. The van der Waals surface area contributed by atoms with Crippen molar-refractivity contribution in [2.45, 2.75) is 39.7 Å². The molecule has 3 N–H and O–H groups in total. The van der Waals surface area contributed by atoms with Crippen molar-refractivity contribution in [1.29, 1.82) is 0 Å². The fourth-order valence-electron chi connectivity index (χ4n) is 2.58. The highest BCUT2D eigenvalue weighted by Crippen LogP contribution is 2.34. The molecule has 18 heavy (non-hydrogen) atoms. The minimum atomic E-state index is 0.355. The van der Waals surface area contributed by atoms with E-state index in [2.05, 4.69) is 18.7 Å². The fourth-order valence-corrected chi connectivity index (χ4v) is 2.58. The Bertz CT molecular complexity index is 409. The number of hydrogen-bond donors (Lipinski definition) is 2. The molecule has 1 fully saturated rings. The molecule has 1 aliphatic heterocycles. The molecule has 1 aromatic carbocycles. The summed E-state index contributed by atoms with van der Waals surface area (Å²) in [6.07, 6.45) is 3.74. The van der Waals surface area contributed by atoms with Gasteiger partial charge in [-0.25, -0.2) is 0 Å². The Morgan fingerprint density at radius 2 is 2.00 bits per heavy atom. The smallest absolute Gasteiger partial charge is 0.120 e. The van der Waals surface area contributed by atoms with Gasteiger partial charge in [0.2, 0.25) is 0 Å². The zero-order chi connectivity index (χ0) is 13.2. The third-order valence-corrected chi connectivity index (χ3v) is 4.41. The molecular weight excluding hydrogens is 224 g/mol. The van der Waals surface area contributed by atoms with Gasteiger partial charge in [0.25, 0.3) is 0 Å². The lowest BCUT2D eigenvalue weighted by molar-refractivity contribution is 0.109. The number of aromatic hydroxyl groups is 1. The van der Waals surface area contributed by atoms with Crippen LogP contribution in [0.5, 0.6) is 5.75 Å². The van der Waals surface area contributed by atoms with E-state index in [1.165, 1.54) is 19.3 Å². The Kier molecular flexibility index (Phi) is 3.81. The number of likely N-dealkylation sites (tertiary alicyclic amines) is 1. The van der Waals surface area contributed by atoms with Gasteiger partial charge in [-0.2, -0.15) is 0 Å². The van der Waals surface area contributed by atoms with Crippen molar-refractivity contribution in [2.24, 2.45) is 5.41 Å². The second-order valence-electron chi connectivity index (χ2n) is 5.83. The lowest BCUT2D eigenvalue weighted by Crippen LogP contribution is -2.37. The summed E-state index contributed by atoms with van der Waals surface area (Å²) in [5.41, 5.74) is 7.94. The number of nitrogens with zero attached hydrogens (tertiary/aromatic N) is 1. The van der Waals surface area contributed by atoms with E-state index in [1.807, 2.05) is 6.07 Å². The topological polar surface area (TPSA) is 49.5 Å². The largest absolute Gasteiger partial charge is 0.508 e. The SMILES string of the molecule is CCC1(C)CCN(Cc2cc(N)ccc2O)CC1. The third kappa shape index (κ3) is 2.96. The zero-order valence-corrected chi connectivity index (χ0v) is 11.4. The van der Waals surface area contributed by atoms with Crippen LogP contribution in [0.1, 0.15) is 38.7 Å². The molecule has 1 aromatic rings. The van der Waals surface area contributed by atoms with E-state index < -0.39 is 0 Å². The molecule has 0 atom stereocenters.